The summed E-state index contributed by atoms with van der Waals surface area (Å²) in [5.41, 5.74) is 0. The van der Waals surface area contributed by atoms with Crippen molar-refractivity contribution in [3.63, 3.8) is 0 Å². The average molecular weight is 404 g/mol. The molecule has 30 heavy (non-hydrogen) atoms. The fourth-order valence-corrected chi connectivity index (χ4v) is 2.69. The third-order valence-corrected chi connectivity index (χ3v) is 3.80. The molecule has 1 aliphatic heterocycles. The van der Waals surface area contributed by atoms with Crippen molar-refractivity contribution in [2.75, 3.05) is 0 Å². The second kappa shape index (κ2) is 7.09. The van der Waals surface area contributed by atoms with Gasteiger partial charge in [-0.1, -0.05) is 0 Å². The first kappa shape index (κ1) is 17.5. The molecule has 10 nitrogen and oxygen atoms in total. The van der Waals surface area contributed by atoms with Gasteiger partial charge in [-0.05, 0) is 0 Å². The van der Waals surface area contributed by atoms with Crippen molar-refractivity contribution in [2.45, 2.75) is 0 Å². The molecule has 148 valence electrons. The zero-order chi connectivity index (χ0) is 20.5. The summed E-state index contributed by atoms with van der Waals surface area (Å²) in [4.78, 5) is 16.5. The summed E-state index contributed by atoms with van der Waals surface area (Å²) in [6, 6.07) is 8.62. The molecule has 2 aromatic carbocycles. The number of phenolic OH excluding ortho intramolecular Hbond substituents is 2. The number of aromatic nitrogens is 4. The molecule has 0 saturated carbocycles. The van der Waals surface area contributed by atoms with E-state index >= 15 is 0 Å². The number of nitrogens with zero attached hydrogens (tertiary/aromatic N) is 4. The lowest BCUT2D eigenvalue weighted by molar-refractivity contribution is 0.394. The van der Waals surface area contributed by atoms with E-state index in [4.69, 9.17) is 18.9 Å². The number of aromatic hydroxyl groups is 2. The van der Waals surface area contributed by atoms with Gasteiger partial charge >= 0.3 is 0 Å². The number of hydrogen-bond donors (Lipinski definition) is 2. The summed E-state index contributed by atoms with van der Waals surface area (Å²) in [5, 5.41) is 20.0. The molecule has 1 aliphatic rings. The summed E-state index contributed by atoms with van der Waals surface area (Å²) in [7, 11) is 0. The zero-order valence-corrected chi connectivity index (χ0v) is 15.1. The van der Waals surface area contributed by atoms with Gasteiger partial charge in [-0.3, -0.25) is 9.97 Å². The Morgan fingerprint density at radius 1 is 0.467 bits per heavy atom. The highest BCUT2D eigenvalue weighted by Crippen LogP contribution is 2.35. The van der Waals surface area contributed by atoms with Crippen LogP contribution >= 0.6 is 0 Å². The van der Waals surface area contributed by atoms with Crippen LogP contribution in [0.15, 0.2) is 61.2 Å². The van der Waals surface area contributed by atoms with Gasteiger partial charge < -0.3 is 29.2 Å². The molecule has 0 saturated heterocycles. The minimum Gasteiger partial charge on any atom is -0.508 e. The van der Waals surface area contributed by atoms with Gasteiger partial charge in [-0.2, -0.15) is 9.97 Å². The van der Waals surface area contributed by atoms with Gasteiger partial charge in [-0.25, -0.2) is 0 Å². The number of phenols is 2. The zero-order valence-electron chi connectivity index (χ0n) is 15.1. The molecule has 3 heterocycles. The van der Waals surface area contributed by atoms with E-state index in [2.05, 4.69) is 19.9 Å². The topological polar surface area (TPSA) is 129 Å². The Bertz CT molecular complexity index is 1070. The Hall–Kier alpha value is -4.60. The quantitative estimate of drug-likeness (QED) is 0.388. The molecular formula is C20H12N4O6. The maximum Gasteiger partial charge on any atom is 0.241 e. The Kier molecular flexibility index (Phi) is 4.14. The van der Waals surface area contributed by atoms with E-state index in [0.717, 1.165) is 0 Å². The molecule has 4 aromatic rings. The molecule has 0 unspecified atom stereocenters. The van der Waals surface area contributed by atoms with E-state index in [1.807, 2.05) is 0 Å². The Morgan fingerprint density at radius 2 is 0.767 bits per heavy atom. The first-order chi connectivity index (χ1) is 14.6. The number of fused-ring (bicyclic) bond motifs is 8. The maximum atomic E-state index is 10.0. The Labute approximate surface area is 169 Å². The largest absolute Gasteiger partial charge is 0.508 e. The van der Waals surface area contributed by atoms with E-state index in [1.165, 1.54) is 61.2 Å². The summed E-state index contributed by atoms with van der Waals surface area (Å²) in [6.07, 6.45) is 5.53. The molecule has 0 amide bonds. The van der Waals surface area contributed by atoms with Crippen LogP contribution in [0.2, 0.25) is 0 Å². The highest BCUT2D eigenvalue weighted by atomic mass is 16.5. The van der Waals surface area contributed by atoms with Gasteiger partial charge in [0.05, 0.1) is 24.8 Å². The van der Waals surface area contributed by atoms with Gasteiger partial charge in [0.25, 0.3) is 0 Å². The lowest BCUT2D eigenvalue weighted by Gasteiger charge is -2.12. The lowest BCUT2D eigenvalue weighted by atomic mass is 10.3. The van der Waals surface area contributed by atoms with Gasteiger partial charge in [0.15, 0.2) is 0 Å². The van der Waals surface area contributed by atoms with Gasteiger partial charge in [0.2, 0.25) is 23.5 Å². The van der Waals surface area contributed by atoms with Crippen LogP contribution in [0, 0.1) is 0 Å². The van der Waals surface area contributed by atoms with E-state index in [9.17, 15) is 10.2 Å². The predicted octanol–water partition coefficient (Wildman–Crippen LogP) is 4.16. The van der Waals surface area contributed by atoms with Crippen LogP contribution in [0.3, 0.4) is 0 Å². The lowest BCUT2D eigenvalue weighted by Crippen LogP contribution is -1.96. The van der Waals surface area contributed by atoms with E-state index in [-0.39, 0.29) is 58.0 Å². The van der Waals surface area contributed by atoms with Crippen molar-refractivity contribution in [1.29, 1.82) is 0 Å². The molecule has 2 N–H and O–H groups in total. The third-order valence-electron chi connectivity index (χ3n) is 3.80. The summed E-state index contributed by atoms with van der Waals surface area (Å²) < 4.78 is 22.7. The van der Waals surface area contributed by atoms with Crippen molar-refractivity contribution in [3.05, 3.63) is 61.2 Å². The highest BCUT2D eigenvalue weighted by molar-refractivity contribution is 5.45. The Morgan fingerprint density at radius 3 is 1.07 bits per heavy atom. The number of hydrogen-bond acceptors (Lipinski definition) is 10. The molecule has 10 heteroatoms. The van der Waals surface area contributed by atoms with Crippen LogP contribution in [-0.4, -0.2) is 30.1 Å². The van der Waals surface area contributed by atoms with Crippen molar-refractivity contribution in [1.82, 2.24) is 19.9 Å². The van der Waals surface area contributed by atoms with E-state index in [1.54, 1.807) is 0 Å². The van der Waals surface area contributed by atoms with Crippen LogP contribution in [0.5, 0.6) is 58.0 Å². The van der Waals surface area contributed by atoms with Crippen LogP contribution in [-0.2, 0) is 0 Å². The Balaban J connectivity index is 1.63. The standard InChI is InChI=1S/C20H12N4O6/c25-11-1-13-5-14(2-11)28-19-9-22-10-20(24-19)30-16-4-12(26)3-15(6-16)29-18-8-21-7-17(23-18)27-13/h1-10,25-26H. The number of benzene rings is 2. The summed E-state index contributed by atoms with van der Waals surface area (Å²) in [6.45, 7) is 0. The van der Waals surface area contributed by atoms with Gasteiger partial charge in [0, 0.05) is 36.4 Å². The van der Waals surface area contributed by atoms with Crippen LogP contribution in [0.25, 0.3) is 0 Å². The van der Waals surface area contributed by atoms with Crippen molar-refractivity contribution < 1.29 is 29.2 Å². The molecule has 2 aromatic heterocycles. The SMILES string of the molecule is Oc1cc2cc(c1)Oc1cncc(n1)Oc1cc(O)cc(c1)Oc1cncc(n1)O2. The molecule has 5 rings (SSSR count). The molecule has 0 aliphatic carbocycles. The van der Waals surface area contributed by atoms with Crippen molar-refractivity contribution in [3.8, 4) is 58.0 Å². The highest BCUT2D eigenvalue weighted by Gasteiger charge is 2.12. The molecule has 8 bridgehead atoms. The second-order valence-electron chi connectivity index (χ2n) is 6.12. The van der Waals surface area contributed by atoms with E-state index < -0.39 is 0 Å². The van der Waals surface area contributed by atoms with Crippen LogP contribution in [0.1, 0.15) is 0 Å². The molecule has 0 spiro atoms. The fraction of sp³-hybridized carbons (Fsp3) is 0. The number of ether oxygens (including phenoxy) is 4. The smallest absolute Gasteiger partial charge is 0.241 e. The normalized spacial score (nSPS) is 12.0. The van der Waals surface area contributed by atoms with Gasteiger partial charge in [0.1, 0.15) is 34.5 Å². The molecular weight excluding hydrogens is 392 g/mol. The monoisotopic (exact) mass is 404 g/mol. The van der Waals surface area contributed by atoms with Gasteiger partial charge in [-0.15, -0.1) is 0 Å². The number of rotatable bonds is 0. The third kappa shape index (κ3) is 3.83. The summed E-state index contributed by atoms with van der Waals surface area (Å²) in [5.74, 6) is 1.32. The van der Waals surface area contributed by atoms with Crippen LogP contribution < -0.4 is 18.9 Å². The van der Waals surface area contributed by atoms with Crippen molar-refractivity contribution in [2.24, 2.45) is 0 Å². The predicted molar refractivity (Wildman–Crippen MR) is 101 cm³/mol. The van der Waals surface area contributed by atoms with E-state index in [0.29, 0.717) is 0 Å². The first-order valence-corrected chi connectivity index (χ1v) is 8.63. The second-order valence-corrected chi connectivity index (χ2v) is 6.12. The first-order valence-electron chi connectivity index (χ1n) is 8.63. The van der Waals surface area contributed by atoms with Crippen LogP contribution in [0.4, 0.5) is 0 Å². The minimum absolute atomic E-state index is 0.0881. The molecule has 0 radical (unpaired) electrons. The average Bonchev–Trinajstić information content (AvgIpc) is 2.67. The summed E-state index contributed by atoms with van der Waals surface area (Å²) >= 11 is 0. The molecule has 0 atom stereocenters. The van der Waals surface area contributed by atoms with Crippen molar-refractivity contribution >= 4 is 0 Å². The molecule has 0 fully saturated rings. The fourth-order valence-electron chi connectivity index (χ4n) is 2.69. The minimum atomic E-state index is -0.0881. The maximum absolute atomic E-state index is 10.0.